The zero-order valence-corrected chi connectivity index (χ0v) is 11.3. The van der Waals surface area contributed by atoms with Crippen LogP contribution in [0.2, 0.25) is 0 Å². The lowest BCUT2D eigenvalue weighted by Crippen LogP contribution is -2.13. The Morgan fingerprint density at radius 1 is 1.19 bits per heavy atom. The molecule has 1 fully saturated rings. The largest absolute Gasteiger partial charge is 0.381 e. The molecule has 0 saturated heterocycles. The van der Waals surface area contributed by atoms with Crippen LogP contribution in [0.15, 0.2) is 42.7 Å². The van der Waals surface area contributed by atoms with Crippen LogP contribution in [-0.2, 0) is 0 Å². The van der Waals surface area contributed by atoms with Crippen LogP contribution >= 0.6 is 0 Å². The maximum Gasteiger partial charge on any atom is 0.257 e. The van der Waals surface area contributed by atoms with Gasteiger partial charge in [-0.25, -0.2) is 0 Å². The molecular formula is C16H14N4O. The van der Waals surface area contributed by atoms with Crippen molar-refractivity contribution in [1.82, 2.24) is 4.98 Å². The molecule has 0 bridgehead atoms. The second kappa shape index (κ2) is 5.63. The lowest BCUT2D eigenvalue weighted by Gasteiger charge is -2.08. The predicted octanol–water partition coefficient (Wildman–Crippen LogP) is 2.78. The minimum Gasteiger partial charge on any atom is -0.381 e. The zero-order chi connectivity index (χ0) is 14.7. The Labute approximate surface area is 122 Å². The van der Waals surface area contributed by atoms with Crippen LogP contribution in [-0.4, -0.2) is 16.9 Å². The molecule has 5 nitrogen and oxygen atoms in total. The van der Waals surface area contributed by atoms with Crippen molar-refractivity contribution in [3.63, 3.8) is 0 Å². The van der Waals surface area contributed by atoms with Crippen LogP contribution in [0.3, 0.4) is 0 Å². The van der Waals surface area contributed by atoms with Gasteiger partial charge in [-0.05, 0) is 43.2 Å². The summed E-state index contributed by atoms with van der Waals surface area (Å²) in [6, 6.07) is 11.1. The molecule has 0 unspecified atom stereocenters. The number of rotatable bonds is 4. The van der Waals surface area contributed by atoms with E-state index in [1.54, 1.807) is 36.5 Å². The maximum absolute atomic E-state index is 12.2. The summed E-state index contributed by atoms with van der Waals surface area (Å²) in [7, 11) is 0. The quantitative estimate of drug-likeness (QED) is 0.901. The normalized spacial score (nSPS) is 13.3. The third-order valence-corrected chi connectivity index (χ3v) is 3.22. The average molecular weight is 278 g/mol. The Kier molecular flexibility index (Phi) is 3.52. The van der Waals surface area contributed by atoms with E-state index in [2.05, 4.69) is 15.6 Å². The zero-order valence-electron chi connectivity index (χ0n) is 11.3. The summed E-state index contributed by atoms with van der Waals surface area (Å²) in [4.78, 5) is 16.3. The summed E-state index contributed by atoms with van der Waals surface area (Å²) in [5.74, 6) is -0.216. The van der Waals surface area contributed by atoms with Crippen molar-refractivity contribution < 1.29 is 4.79 Å². The Balaban J connectivity index is 1.70. The molecule has 1 heterocycles. The third-order valence-electron chi connectivity index (χ3n) is 3.22. The number of anilines is 2. The van der Waals surface area contributed by atoms with E-state index in [0.29, 0.717) is 22.9 Å². The number of nitrogens with zero attached hydrogens (tertiary/aromatic N) is 2. The Morgan fingerprint density at radius 3 is 2.62 bits per heavy atom. The number of carbonyl (C=O) groups excluding carboxylic acids is 1. The van der Waals surface area contributed by atoms with E-state index in [4.69, 9.17) is 5.26 Å². The van der Waals surface area contributed by atoms with Gasteiger partial charge in [0.1, 0.15) is 0 Å². The lowest BCUT2D eigenvalue weighted by molar-refractivity contribution is 0.102. The van der Waals surface area contributed by atoms with Crippen LogP contribution in [0.25, 0.3) is 0 Å². The van der Waals surface area contributed by atoms with E-state index < -0.39 is 0 Å². The SMILES string of the molecule is N#Cc1ccc(NC(=O)c2cncc(NC3CC3)c2)cc1. The van der Waals surface area contributed by atoms with Gasteiger partial charge in [0, 0.05) is 24.1 Å². The molecule has 21 heavy (non-hydrogen) atoms. The highest BCUT2D eigenvalue weighted by molar-refractivity contribution is 6.04. The molecule has 1 amide bonds. The van der Waals surface area contributed by atoms with E-state index in [-0.39, 0.29) is 5.91 Å². The number of carbonyl (C=O) groups is 1. The molecule has 1 aliphatic rings. The van der Waals surface area contributed by atoms with Crippen molar-refractivity contribution in [3.8, 4) is 6.07 Å². The molecule has 3 rings (SSSR count). The molecule has 1 saturated carbocycles. The molecular weight excluding hydrogens is 264 g/mol. The van der Waals surface area contributed by atoms with E-state index in [0.717, 1.165) is 5.69 Å². The lowest BCUT2D eigenvalue weighted by atomic mass is 10.2. The van der Waals surface area contributed by atoms with E-state index in [1.807, 2.05) is 6.07 Å². The van der Waals surface area contributed by atoms with Crippen molar-refractivity contribution >= 4 is 17.3 Å². The maximum atomic E-state index is 12.2. The number of pyridine rings is 1. The summed E-state index contributed by atoms with van der Waals surface area (Å²) in [6.07, 6.45) is 5.59. The van der Waals surface area contributed by atoms with Crippen LogP contribution in [0, 0.1) is 11.3 Å². The fraction of sp³-hybridized carbons (Fsp3) is 0.188. The second-order valence-electron chi connectivity index (χ2n) is 5.02. The molecule has 104 valence electrons. The predicted molar refractivity (Wildman–Crippen MR) is 80.0 cm³/mol. The topological polar surface area (TPSA) is 77.8 Å². The minimum absolute atomic E-state index is 0.216. The number of aromatic nitrogens is 1. The van der Waals surface area contributed by atoms with Crippen LogP contribution < -0.4 is 10.6 Å². The fourth-order valence-corrected chi connectivity index (χ4v) is 1.94. The molecule has 0 atom stereocenters. The van der Waals surface area contributed by atoms with Gasteiger partial charge >= 0.3 is 0 Å². The van der Waals surface area contributed by atoms with E-state index in [9.17, 15) is 4.79 Å². The van der Waals surface area contributed by atoms with Gasteiger partial charge in [0.25, 0.3) is 5.91 Å². The van der Waals surface area contributed by atoms with Gasteiger partial charge in [0.15, 0.2) is 0 Å². The second-order valence-corrected chi connectivity index (χ2v) is 5.02. The monoisotopic (exact) mass is 278 g/mol. The summed E-state index contributed by atoms with van der Waals surface area (Å²) in [5.41, 5.74) is 2.58. The van der Waals surface area contributed by atoms with Crippen molar-refractivity contribution in [2.45, 2.75) is 18.9 Å². The first kappa shape index (κ1) is 13.1. The van der Waals surface area contributed by atoms with Crippen molar-refractivity contribution in [3.05, 3.63) is 53.9 Å². The first-order chi connectivity index (χ1) is 10.2. The molecule has 1 aromatic heterocycles. The average Bonchev–Trinajstić information content (AvgIpc) is 3.32. The van der Waals surface area contributed by atoms with Gasteiger partial charge in [-0.1, -0.05) is 0 Å². The van der Waals surface area contributed by atoms with Crippen LogP contribution in [0.4, 0.5) is 11.4 Å². The number of nitriles is 1. The van der Waals surface area contributed by atoms with Gasteiger partial charge in [0.2, 0.25) is 0 Å². The van der Waals surface area contributed by atoms with E-state index in [1.165, 1.54) is 19.0 Å². The van der Waals surface area contributed by atoms with E-state index >= 15 is 0 Å². The number of amides is 1. The summed E-state index contributed by atoms with van der Waals surface area (Å²) >= 11 is 0. The van der Waals surface area contributed by atoms with Crippen molar-refractivity contribution in [2.75, 3.05) is 10.6 Å². The highest BCUT2D eigenvalue weighted by atomic mass is 16.1. The first-order valence-corrected chi connectivity index (χ1v) is 6.78. The first-order valence-electron chi connectivity index (χ1n) is 6.78. The molecule has 0 aliphatic heterocycles. The Bertz CT molecular complexity index is 699. The molecule has 0 spiro atoms. The highest BCUT2D eigenvalue weighted by Gasteiger charge is 2.21. The van der Waals surface area contributed by atoms with Gasteiger partial charge in [-0.15, -0.1) is 0 Å². The van der Waals surface area contributed by atoms with Gasteiger partial charge in [0.05, 0.1) is 22.9 Å². The molecule has 1 aromatic carbocycles. The summed E-state index contributed by atoms with van der Waals surface area (Å²) in [6.45, 7) is 0. The highest BCUT2D eigenvalue weighted by Crippen LogP contribution is 2.24. The number of hydrogen-bond acceptors (Lipinski definition) is 4. The number of benzene rings is 1. The van der Waals surface area contributed by atoms with Gasteiger partial charge in [-0.3, -0.25) is 9.78 Å². The van der Waals surface area contributed by atoms with Gasteiger partial charge < -0.3 is 10.6 Å². The molecule has 0 radical (unpaired) electrons. The Morgan fingerprint density at radius 2 is 1.95 bits per heavy atom. The van der Waals surface area contributed by atoms with Crippen molar-refractivity contribution in [2.24, 2.45) is 0 Å². The molecule has 2 N–H and O–H groups in total. The molecule has 1 aliphatic carbocycles. The summed E-state index contributed by atoms with van der Waals surface area (Å²) < 4.78 is 0. The van der Waals surface area contributed by atoms with Crippen LogP contribution in [0.5, 0.6) is 0 Å². The third kappa shape index (κ3) is 3.37. The molecule has 5 heteroatoms. The summed E-state index contributed by atoms with van der Waals surface area (Å²) in [5, 5.41) is 14.8. The number of hydrogen-bond donors (Lipinski definition) is 2. The fourth-order valence-electron chi connectivity index (χ4n) is 1.94. The number of nitrogens with one attached hydrogen (secondary N) is 2. The standard InChI is InChI=1S/C16H14N4O/c17-8-11-1-3-14(4-2-11)20-16(21)12-7-15(10-18-9-12)19-13-5-6-13/h1-4,7,9-10,13,19H,5-6H2,(H,20,21). The Hall–Kier alpha value is -2.87. The van der Waals surface area contributed by atoms with Gasteiger partial charge in [-0.2, -0.15) is 5.26 Å². The molecule has 2 aromatic rings. The van der Waals surface area contributed by atoms with Crippen molar-refractivity contribution in [1.29, 1.82) is 5.26 Å². The minimum atomic E-state index is -0.216. The smallest absolute Gasteiger partial charge is 0.257 e. The van der Waals surface area contributed by atoms with Crippen LogP contribution in [0.1, 0.15) is 28.8 Å².